The number of likely N-dealkylation sites (tertiary alicyclic amines) is 1. The Morgan fingerprint density at radius 2 is 1.77 bits per heavy atom. The lowest BCUT2D eigenvalue weighted by Gasteiger charge is -2.40. The lowest BCUT2D eigenvalue weighted by Crippen LogP contribution is -2.46. The number of benzene rings is 2. The predicted octanol–water partition coefficient (Wildman–Crippen LogP) is 5.45. The lowest BCUT2D eigenvalue weighted by molar-refractivity contribution is 0.186. The monoisotopic (exact) mass is 415 g/mol. The molecule has 1 N–H and O–H groups in total. The van der Waals surface area contributed by atoms with Gasteiger partial charge in [0.1, 0.15) is 5.82 Å². The molecule has 152 valence electrons. The normalized spacial score (nSPS) is 25.2. The van der Waals surface area contributed by atoms with Crippen LogP contribution >= 0.6 is 11.6 Å². The van der Waals surface area contributed by atoms with Crippen LogP contribution in [0.25, 0.3) is 0 Å². The summed E-state index contributed by atoms with van der Waals surface area (Å²) in [5.74, 6) is 1.51. The third-order valence-electron chi connectivity index (χ3n) is 7.41. The van der Waals surface area contributed by atoms with Gasteiger partial charge in [-0.15, -0.1) is 0 Å². The summed E-state index contributed by atoms with van der Waals surface area (Å²) in [7, 11) is 0. The molecule has 3 aliphatic rings. The molecule has 2 aromatic carbocycles. The zero-order valence-electron chi connectivity index (χ0n) is 17.0. The summed E-state index contributed by atoms with van der Waals surface area (Å²) >= 11 is 6.46. The van der Waals surface area contributed by atoms with Gasteiger partial charge in [0.2, 0.25) is 0 Å². The van der Waals surface area contributed by atoms with E-state index in [2.05, 4.69) is 63.7 Å². The summed E-state index contributed by atoms with van der Waals surface area (Å²) in [5, 5.41) is 4.47. The molecular weight excluding hydrogens is 390 g/mol. The maximum Gasteiger partial charge on any atom is 0.126 e. The molecular formula is C26H26ClN3. The van der Waals surface area contributed by atoms with E-state index < -0.39 is 0 Å². The van der Waals surface area contributed by atoms with Crippen LogP contribution in [0.3, 0.4) is 0 Å². The maximum absolute atomic E-state index is 6.46. The molecule has 2 aliphatic carbocycles. The second-order valence-corrected chi connectivity index (χ2v) is 9.50. The molecule has 6 rings (SSSR count). The molecule has 4 heteroatoms. The largest absolute Gasteiger partial charge is 0.367 e. The van der Waals surface area contributed by atoms with Crippen molar-refractivity contribution in [2.45, 2.75) is 36.6 Å². The average Bonchev–Trinajstić information content (AvgIpc) is 3.27. The van der Waals surface area contributed by atoms with Crippen LogP contribution in [0.4, 0.5) is 5.82 Å². The molecule has 1 saturated heterocycles. The molecule has 3 aromatic rings. The molecule has 30 heavy (non-hydrogen) atoms. The second-order valence-electron chi connectivity index (χ2n) is 9.07. The third kappa shape index (κ3) is 2.87. The number of halogens is 1. The first-order valence-electron chi connectivity index (χ1n) is 11.0. The highest BCUT2D eigenvalue weighted by molar-refractivity contribution is 6.30. The molecule has 0 saturated carbocycles. The van der Waals surface area contributed by atoms with Crippen molar-refractivity contribution < 1.29 is 0 Å². The molecule has 0 amide bonds. The standard InChI is InChI=1S/C26H26ClN3/c27-18-8-9-21-22-16-26(24(21)15-18,23-6-2-1-5-20(22)23)17-30-13-10-19(11-14-30)29-25-7-3-4-12-28-25/h1-9,12,15,19,22H,10-11,13-14,16-17H2,(H,28,29). The molecule has 2 heterocycles. The Balaban J connectivity index is 1.24. The Hall–Kier alpha value is -2.36. The summed E-state index contributed by atoms with van der Waals surface area (Å²) in [6.07, 6.45) is 5.35. The van der Waals surface area contributed by atoms with Crippen molar-refractivity contribution >= 4 is 17.4 Å². The van der Waals surface area contributed by atoms with E-state index >= 15 is 0 Å². The van der Waals surface area contributed by atoms with Crippen molar-refractivity contribution in [1.82, 2.24) is 9.88 Å². The highest BCUT2D eigenvalue weighted by Crippen LogP contribution is 2.60. The van der Waals surface area contributed by atoms with Crippen molar-refractivity contribution in [3.63, 3.8) is 0 Å². The fourth-order valence-corrected chi connectivity index (χ4v) is 6.27. The van der Waals surface area contributed by atoms with Crippen LogP contribution in [-0.4, -0.2) is 35.6 Å². The van der Waals surface area contributed by atoms with Crippen LogP contribution in [0.15, 0.2) is 66.9 Å². The molecule has 2 bridgehead atoms. The quantitative estimate of drug-likeness (QED) is 0.614. The first-order valence-corrected chi connectivity index (χ1v) is 11.4. The number of rotatable bonds is 4. The van der Waals surface area contributed by atoms with Gasteiger partial charge in [0.25, 0.3) is 0 Å². The van der Waals surface area contributed by atoms with Gasteiger partial charge in [-0.3, -0.25) is 0 Å². The number of hydrogen-bond acceptors (Lipinski definition) is 3. The van der Waals surface area contributed by atoms with Gasteiger partial charge in [-0.2, -0.15) is 0 Å². The van der Waals surface area contributed by atoms with Crippen LogP contribution in [-0.2, 0) is 5.41 Å². The molecule has 2 atom stereocenters. The molecule has 3 nitrogen and oxygen atoms in total. The number of aromatic nitrogens is 1. The van der Waals surface area contributed by atoms with Gasteiger partial charge in [0.15, 0.2) is 0 Å². The van der Waals surface area contributed by atoms with Gasteiger partial charge in [-0.1, -0.05) is 48.0 Å². The summed E-state index contributed by atoms with van der Waals surface area (Å²) in [5.41, 5.74) is 6.10. The van der Waals surface area contributed by atoms with Gasteiger partial charge in [-0.05, 0) is 65.8 Å². The SMILES string of the molecule is Clc1ccc2c(c1)C1(CN3CCC(Nc4ccccn4)CC3)CC2c2ccccc21. The predicted molar refractivity (Wildman–Crippen MR) is 122 cm³/mol. The summed E-state index contributed by atoms with van der Waals surface area (Å²) in [6, 6.07) is 22.2. The minimum atomic E-state index is 0.0861. The number of piperidine rings is 1. The van der Waals surface area contributed by atoms with Crippen LogP contribution in [0, 0.1) is 0 Å². The Morgan fingerprint density at radius 3 is 2.60 bits per heavy atom. The van der Waals surface area contributed by atoms with Crippen LogP contribution in [0.5, 0.6) is 0 Å². The van der Waals surface area contributed by atoms with Crippen molar-refractivity contribution in [2.75, 3.05) is 25.0 Å². The third-order valence-corrected chi connectivity index (χ3v) is 7.64. The van der Waals surface area contributed by atoms with E-state index in [4.69, 9.17) is 11.6 Å². The van der Waals surface area contributed by atoms with Gasteiger partial charge >= 0.3 is 0 Å². The smallest absolute Gasteiger partial charge is 0.126 e. The van der Waals surface area contributed by atoms with Gasteiger partial charge in [0.05, 0.1) is 0 Å². The summed E-state index contributed by atoms with van der Waals surface area (Å²) in [4.78, 5) is 7.10. The van der Waals surface area contributed by atoms with E-state index in [1.54, 1.807) is 0 Å². The number of fused-ring (bicyclic) bond motifs is 8. The Labute approximate surface area is 183 Å². The van der Waals surface area contributed by atoms with Crippen LogP contribution in [0.1, 0.15) is 47.4 Å². The minimum Gasteiger partial charge on any atom is -0.367 e. The van der Waals surface area contributed by atoms with Gasteiger partial charge < -0.3 is 10.2 Å². The van der Waals surface area contributed by atoms with Crippen molar-refractivity contribution in [1.29, 1.82) is 0 Å². The molecule has 0 spiro atoms. The zero-order valence-corrected chi connectivity index (χ0v) is 17.8. The number of anilines is 1. The van der Waals surface area contributed by atoms with E-state index in [0.717, 1.165) is 43.3 Å². The molecule has 1 aliphatic heterocycles. The maximum atomic E-state index is 6.46. The molecule has 1 fully saturated rings. The summed E-state index contributed by atoms with van der Waals surface area (Å²) < 4.78 is 0. The van der Waals surface area contributed by atoms with Crippen molar-refractivity contribution in [2.24, 2.45) is 0 Å². The molecule has 0 radical (unpaired) electrons. The number of hydrogen-bond donors (Lipinski definition) is 1. The lowest BCUT2D eigenvalue weighted by atomic mass is 9.74. The summed E-state index contributed by atoms with van der Waals surface area (Å²) in [6.45, 7) is 3.33. The number of pyridine rings is 1. The fourth-order valence-electron chi connectivity index (χ4n) is 6.09. The van der Waals surface area contributed by atoms with E-state index in [9.17, 15) is 0 Å². The highest BCUT2D eigenvalue weighted by atomic mass is 35.5. The molecule has 2 unspecified atom stereocenters. The van der Waals surface area contributed by atoms with Gasteiger partial charge in [0, 0.05) is 48.2 Å². The first kappa shape index (κ1) is 18.4. The van der Waals surface area contributed by atoms with Crippen molar-refractivity contribution in [3.05, 3.63) is 94.1 Å². The molecule has 1 aromatic heterocycles. The average molecular weight is 416 g/mol. The van der Waals surface area contributed by atoms with Crippen LogP contribution in [0.2, 0.25) is 5.02 Å². The van der Waals surface area contributed by atoms with E-state index in [0.29, 0.717) is 12.0 Å². The Kier molecular flexibility index (Phi) is 4.36. The first-order chi connectivity index (χ1) is 14.7. The van der Waals surface area contributed by atoms with E-state index in [1.807, 2.05) is 18.3 Å². The Bertz CT molecular complexity index is 1070. The van der Waals surface area contributed by atoms with Crippen LogP contribution < -0.4 is 5.32 Å². The minimum absolute atomic E-state index is 0.0861. The topological polar surface area (TPSA) is 28.2 Å². The number of nitrogens with zero attached hydrogens (tertiary/aromatic N) is 2. The van der Waals surface area contributed by atoms with Gasteiger partial charge in [-0.25, -0.2) is 4.98 Å². The number of nitrogens with one attached hydrogen (secondary N) is 1. The van der Waals surface area contributed by atoms with Crippen molar-refractivity contribution in [3.8, 4) is 0 Å². The Morgan fingerprint density at radius 1 is 0.967 bits per heavy atom. The van der Waals surface area contributed by atoms with E-state index in [-0.39, 0.29) is 5.41 Å². The van der Waals surface area contributed by atoms with E-state index in [1.165, 1.54) is 28.7 Å². The second kappa shape index (κ2) is 7.11. The zero-order chi connectivity index (χ0) is 20.1. The highest BCUT2D eigenvalue weighted by Gasteiger charge is 2.53. The fraction of sp³-hybridized carbons (Fsp3) is 0.346.